The summed E-state index contributed by atoms with van der Waals surface area (Å²) in [5.74, 6) is 0. The fraction of sp³-hybridized carbons (Fsp3) is 0.714. The third-order valence-electron chi connectivity index (χ3n) is 0.602. The van der Waals surface area contributed by atoms with Crippen molar-refractivity contribution in [1.82, 2.24) is 0 Å². The van der Waals surface area contributed by atoms with E-state index in [0.717, 1.165) is 0 Å². The van der Waals surface area contributed by atoms with Gasteiger partial charge in [-0.2, -0.15) is 0 Å². The minimum atomic E-state index is 0. The van der Waals surface area contributed by atoms with Crippen LogP contribution in [0, 0.1) is 12.8 Å². The predicted octanol–water partition coefficient (Wildman–Crippen LogP) is 1.98. The summed E-state index contributed by atoms with van der Waals surface area (Å²) in [7, 11) is 0. The molecule has 53 valence electrons. The van der Waals surface area contributed by atoms with Crippen LogP contribution >= 0.6 is 0 Å². The van der Waals surface area contributed by atoms with Crippen LogP contribution in [-0.2, 0) is 37.5 Å². The zero-order valence-electron chi connectivity index (χ0n) is 6.69. The molecule has 2 heteroatoms. The van der Waals surface area contributed by atoms with Crippen molar-refractivity contribution in [2.75, 3.05) is 0 Å². The van der Waals surface area contributed by atoms with Crippen molar-refractivity contribution in [3.05, 3.63) is 7.43 Å². The summed E-state index contributed by atoms with van der Waals surface area (Å²) in [4.78, 5) is 9.70. The fourth-order valence-electron chi connectivity index (χ4n) is 0.217. The molecule has 1 radical (unpaired) electrons. The molecule has 0 aromatic carbocycles. The molecular weight excluding hydrogens is 189 g/mol. The largest absolute Gasteiger partial charge is 0.542 e. The zero-order chi connectivity index (χ0) is 5.91. The molecular formula is C7H14OY-2. The van der Waals surface area contributed by atoms with Crippen molar-refractivity contribution in [1.29, 1.82) is 0 Å². The first kappa shape index (κ1) is 16.4. The van der Waals surface area contributed by atoms with E-state index in [1.807, 2.05) is 27.1 Å². The molecule has 0 aliphatic rings. The van der Waals surface area contributed by atoms with Crippen molar-refractivity contribution in [3.63, 3.8) is 0 Å². The minimum absolute atomic E-state index is 0. The molecule has 9 heavy (non-hydrogen) atoms. The third kappa shape index (κ3) is 17.7. The topological polar surface area (TPSA) is 17.1 Å². The van der Waals surface area contributed by atoms with Crippen LogP contribution < -0.4 is 0 Å². The molecule has 0 spiro atoms. The Morgan fingerprint density at radius 2 is 1.67 bits per heavy atom. The average molecular weight is 203 g/mol. The maximum atomic E-state index is 9.70. The average Bonchev–Trinajstić information content (AvgIpc) is 1.30. The standard InChI is InChI=1S/C6H11O.CH3.Y/c1-6(2,3)4-5-7;;/h4H2,1-3H3;1H3;/q2*-1;. The Morgan fingerprint density at radius 3 is 1.67 bits per heavy atom. The second-order valence-corrected chi connectivity index (χ2v) is 2.88. The molecule has 0 atom stereocenters. The van der Waals surface area contributed by atoms with Gasteiger partial charge in [0.15, 0.2) is 0 Å². The van der Waals surface area contributed by atoms with Gasteiger partial charge < -0.3 is 12.2 Å². The van der Waals surface area contributed by atoms with Gasteiger partial charge in [0.25, 0.3) is 0 Å². The van der Waals surface area contributed by atoms with E-state index in [9.17, 15) is 4.79 Å². The molecule has 0 aliphatic heterocycles. The SMILES string of the molecule is CC(C)(C)C[C-]=O.[CH3-].[Y]. The summed E-state index contributed by atoms with van der Waals surface area (Å²) >= 11 is 0. The van der Waals surface area contributed by atoms with Gasteiger partial charge in [-0.25, -0.2) is 0 Å². The monoisotopic (exact) mass is 203 g/mol. The normalized spacial score (nSPS) is 8.78. The van der Waals surface area contributed by atoms with Crippen molar-refractivity contribution >= 4 is 6.29 Å². The number of hydrogen-bond donors (Lipinski definition) is 0. The molecule has 0 saturated carbocycles. The minimum Gasteiger partial charge on any atom is -0.542 e. The Kier molecular flexibility index (Phi) is 12.5. The van der Waals surface area contributed by atoms with E-state index >= 15 is 0 Å². The third-order valence-corrected chi connectivity index (χ3v) is 0.602. The van der Waals surface area contributed by atoms with Gasteiger partial charge in [0.05, 0.1) is 0 Å². The van der Waals surface area contributed by atoms with E-state index in [1.54, 1.807) is 0 Å². The molecule has 0 aromatic heterocycles. The maximum absolute atomic E-state index is 9.70. The molecule has 0 saturated heterocycles. The van der Waals surface area contributed by atoms with Crippen LogP contribution in [0.25, 0.3) is 0 Å². The van der Waals surface area contributed by atoms with Crippen LogP contribution in [0.4, 0.5) is 0 Å². The Morgan fingerprint density at radius 1 is 1.33 bits per heavy atom. The summed E-state index contributed by atoms with van der Waals surface area (Å²) in [5.41, 5.74) is 0.127. The predicted molar refractivity (Wildman–Crippen MR) is 36.2 cm³/mol. The molecule has 0 aromatic rings. The number of hydrogen-bond acceptors (Lipinski definition) is 1. The summed E-state index contributed by atoms with van der Waals surface area (Å²) in [5, 5.41) is 0. The molecule has 0 fully saturated rings. The summed E-state index contributed by atoms with van der Waals surface area (Å²) in [6, 6.07) is 0. The number of rotatable bonds is 1. The van der Waals surface area contributed by atoms with Crippen LogP contribution in [0.1, 0.15) is 27.2 Å². The maximum Gasteiger partial charge on any atom is 0 e. The zero-order valence-corrected chi connectivity index (χ0v) is 9.53. The van der Waals surface area contributed by atoms with Gasteiger partial charge in [-0.3, -0.25) is 6.29 Å². The van der Waals surface area contributed by atoms with E-state index in [2.05, 4.69) is 0 Å². The van der Waals surface area contributed by atoms with Crippen molar-refractivity contribution < 1.29 is 37.5 Å². The van der Waals surface area contributed by atoms with Crippen LogP contribution in [0.15, 0.2) is 0 Å². The molecule has 0 aliphatic carbocycles. The van der Waals surface area contributed by atoms with Crippen molar-refractivity contribution in [2.24, 2.45) is 5.41 Å². The van der Waals surface area contributed by atoms with Crippen LogP contribution in [0.3, 0.4) is 0 Å². The molecule has 0 amide bonds. The van der Waals surface area contributed by atoms with Gasteiger partial charge in [-0.05, 0) is 0 Å². The molecule has 0 rings (SSSR count). The smallest absolute Gasteiger partial charge is 0 e. The molecule has 0 bridgehead atoms. The molecule has 1 nitrogen and oxygen atoms in total. The van der Waals surface area contributed by atoms with Crippen molar-refractivity contribution in [2.45, 2.75) is 27.2 Å². The van der Waals surface area contributed by atoms with E-state index in [1.165, 1.54) is 0 Å². The fourth-order valence-corrected chi connectivity index (χ4v) is 0.217. The summed E-state index contributed by atoms with van der Waals surface area (Å²) in [6.45, 7) is 6.04. The van der Waals surface area contributed by atoms with Crippen molar-refractivity contribution in [3.8, 4) is 0 Å². The molecule has 0 unspecified atom stereocenters. The summed E-state index contributed by atoms with van der Waals surface area (Å²) in [6.07, 6.45) is 2.39. The Labute approximate surface area is 83.5 Å². The van der Waals surface area contributed by atoms with Gasteiger partial charge in [-0.15, -0.1) is 6.42 Å². The van der Waals surface area contributed by atoms with Gasteiger partial charge >= 0.3 is 0 Å². The van der Waals surface area contributed by atoms with Gasteiger partial charge in [0.1, 0.15) is 0 Å². The van der Waals surface area contributed by atoms with E-state index in [4.69, 9.17) is 0 Å². The van der Waals surface area contributed by atoms with Crippen LogP contribution in [0.2, 0.25) is 0 Å². The Balaban J connectivity index is -0.000000180. The van der Waals surface area contributed by atoms with Gasteiger partial charge in [0.2, 0.25) is 0 Å². The first-order chi connectivity index (χ1) is 3.06. The van der Waals surface area contributed by atoms with Gasteiger partial charge in [-0.1, -0.05) is 26.2 Å². The number of carbonyl (C=O) groups excluding carboxylic acids is 1. The van der Waals surface area contributed by atoms with E-state index < -0.39 is 0 Å². The van der Waals surface area contributed by atoms with E-state index in [-0.39, 0.29) is 45.6 Å². The molecule has 0 heterocycles. The van der Waals surface area contributed by atoms with Crippen LogP contribution in [0.5, 0.6) is 0 Å². The van der Waals surface area contributed by atoms with E-state index in [0.29, 0.717) is 6.42 Å². The first-order valence-corrected chi connectivity index (χ1v) is 2.41. The second kappa shape index (κ2) is 6.89. The molecule has 0 N–H and O–H groups in total. The first-order valence-electron chi connectivity index (χ1n) is 2.41. The summed E-state index contributed by atoms with van der Waals surface area (Å²) < 4.78 is 0. The Bertz CT molecular complexity index is 63.8. The second-order valence-electron chi connectivity index (χ2n) is 2.88. The quantitative estimate of drug-likeness (QED) is 0.595. The Hall–Kier alpha value is 0.774. The van der Waals surface area contributed by atoms with Gasteiger partial charge in [0, 0.05) is 32.7 Å². The van der Waals surface area contributed by atoms with Crippen LogP contribution in [-0.4, -0.2) is 6.29 Å².